The molecular weight excluding hydrogens is 545 g/mol. The van der Waals surface area contributed by atoms with Gasteiger partial charge in [0.25, 0.3) is 15.9 Å². The maximum atomic E-state index is 14.5. The average Bonchev–Trinajstić information content (AvgIpc) is 2.91. The molecule has 0 aliphatic heterocycles. The zero-order chi connectivity index (χ0) is 29.7. The molecule has 0 bridgehead atoms. The normalized spacial score (nSPS) is 12.2. The predicted octanol–water partition coefficient (Wildman–Crippen LogP) is 6.19. The maximum absolute atomic E-state index is 14.5. The second-order valence-corrected chi connectivity index (χ2v) is 11.7. The number of nitrogens with one attached hydrogen (secondary N) is 1. The highest BCUT2D eigenvalue weighted by Gasteiger charge is 2.25. The molecule has 0 saturated carbocycles. The maximum Gasteiger partial charge on any atom is 0.281 e. The third-order valence-corrected chi connectivity index (χ3v) is 7.37. The van der Waals surface area contributed by atoms with E-state index in [4.69, 9.17) is 9.47 Å². The molecular formula is C31H32FN3O5S. The van der Waals surface area contributed by atoms with Crippen molar-refractivity contribution in [1.82, 2.24) is 14.7 Å². The quantitative estimate of drug-likeness (QED) is 0.239. The lowest BCUT2D eigenvalue weighted by Crippen LogP contribution is -2.31. The molecule has 4 rings (SSSR count). The lowest BCUT2D eigenvalue weighted by atomic mass is 10.0. The van der Waals surface area contributed by atoms with E-state index >= 15 is 0 Å². The molecule has 1 unspecified atom stereocenters. The van der Waals surface area contributed by atoms with Crippen molar-refractivity contribution >= 4 is 15.9 Å². The number of rotatable bonds is 10. The summed E-state index contributed by atoms with van der Waals surface area (Å²) in [5.74, 6) is -0.995. The van der Waals surface area contributed by atoms with Gasteiger partial charge in [-0.2, -0.15) is 8.42 Å². The average molecular weight is 578 g/mol. The van der Waals surface area contributed by atoms with Crippen molar-refractivity contribution in [2.24, 2.45) is 5.92 Å². The lowest BCUT2D eigenvalue weighted by Gasteiger charge is -2.19. The number of ether oxygens (including phenoxy) is 2. The van der Waals surface area contributed by atoms with E-state index in [0.717, 1.165) is 11.1 Å². The van der Waals surface area contributed by atoms with Crippen LogP contribution in [-0.4, -0.2) is 30.9 Å². The second-order valence-electron chi connectivity index (χ2n) is 10.1. The number of sulfonamides is 1. The third kappa shape index (κ3) is 7.46. The molecule has 1 atom stereocenters. The van der Waals surface area contributed by atoms with Crippen LogP contribution in [0.15, 0.2) is 77.8 Å². The number of benzene rings is 2. The zero-order valence-electron chi connectivity index (χ0n) is 23.5. The number of hydrogen-bond acceptors (Lipinski definition) is 7. The van der Waals surface area contributed by atoms with Crippen molar-refractivity contribution in [2.75, 3.05) is 6.61 Å². The van der Waals surface area contributed by atoms with Gasteiger partial charge in [0.05, 0.1) is 12.3 Å². The summed E-state index contributed by atoms with van der Waals surface area (Å²) in [7, 11) is -4.28. The lowest BCUT2D eigenvalue weighted by molar-refractivity contribution is 0.0973. The van der Waals surface area contributed by atoms with Gasteiger partial charge in [-0.05, 0) is 74.2 Å². The molecule has 0 fully saturated rings. The minimum absolute atomic E-state index is 0.113. The number of pyridine rings is 2. The number of amides is 1. The smallest absolute Gasteiger partial charge is 0.281 e. The van der Waals surface area contributed by atoms with Gasteiger partial charge in [-0.3, -0.25) is 4.79 Å². The Kier molecular flexibility index (Phi) is 9.02. The summed E-state index contributed by atoms with van der Waals surface area (Å²) in [4.78, 5) is 21.9. The fraction of sp³-hybridized carbons (Fsp3) is 0.258. The topological polar surface area (TPSA) is 107 Å². The first kappa shape index (κ1) is 29.7. The molecule has 0 spiro atoms. The number of aromatic nitrogens is 2. The van der Waals surface area contributed by atoms with Crippen molar-refractivity contribution in [3.05, 3.63) is 101 Å². The van der Waals surface area contributed by atoms with Crippen LogP contribution in [0.3, 0.4) is 0 Å². The van der Waals surface area contributed by atoms with Gasteiger partial charge >= 0.3 is 0 Å². The van der Waals surface area contributed by atoms with Gasteiger partial charge in [0, 0.05) is 17.3 Å². The highest BCUT2D eigenvalue weighted by Crippen LogP contribution is 2.31. The summed E-state index contributed by atoms with van der Waals surface area (Å²) >= 11 is 0. The summed E-state index contributed by atoms with van der Waals surface area (Å²) in [6, 6.07) is 19.2. The van der Waals surface area contributed by atoms with Crippen molar-refractivity contribution in [3.63, 3.8) is 0 Å². The van der Waals surface area contributed by atoms with Crippen molar-refractivity contribution in [1.29, 1.82) is 0 Å². The minimum Gasteiger partial charge on any atom is -0.493 e. The molecule has 0 aliphatic carbocycles. The Labute approximate surface area is 239 Å². The van der Waals surface area contributed by atoms with Crippen LogP contribution in [0, 0.1) is 25.6 Å². The number of carbonyl (C=O) groups excluding carboxylic acids is 1. The molecule has 2 aromatic carbocycles. The second kappa shape index (κ2) is 12.5. The molecule has 10 heteroatoms. The zero-order valence-corrected chi connectivity index (χ0v) is 24.3. The van der Waals surface area contributed by atoms with Gasteiger partial charge in [-0.1, -0.05) is 44.2 Å². The van der Waals surface area contributed by atoms with E-state index in [9.17, 15) is 17.6 Å². The number of halogens is 1. The standard InChI is InChI=1S/C31H32FN3O5S/c1-19(2)18-39-25-16-23(15-24(32)17-25)28-14-13-27(30(36)35-41(37,38)29-12-8-10-21(4)33-29)31(34-28)40-22(5)26-11-7-6-9-20(26)3/h6-17,19,22H,18H2,1-5H3,(H,35,36). The fourth-order valence-corrected chi connectivity index (χ4v) is 5.07. The van der Waals surface area contributed by atoms with Crippen LogP contribution in [-0.2, 0) is 10.0 Å². The first-order valence-corrected chi connectivity index (χ1v) is 14.6. The van der Waals surface area contributed by atoms with E-state index < -0.39 is 27.9 Å². The Bertz CT molecular complexity index is 1670. The van der Waals surface area contributed by atoms with E-state index in [0.29, 0.717) is 29.3 Å². The summed E-state index contributed by atoms with van der Waals surface area (Å²) in [5.41, 5.74) is 2.91. The van der Waals surface area contributed by atoms with E-state index in [2.05, 4.69) is 14.7 Å². The van der Waals surface area contributed by atoms with Crippen LogP contribution >= 0.6 is 0 Å². The summed E-state index contributed by atoms with van der Waals surface area (Å²) < 4.78 is 54.3. The molecule has 41 heavy (non-hydrogen) atoms. The molecule has 0 radical (unpaired) electrons. The molecule has 2 aromatic heterocycles. The Morgan fingerprint density at radius 3 is 2.41 bits per heavy atom. The number of nitrogens with zero attached hydrogens (tertiary/aromatic N) is 2. The van der Waals surface area contributed by atoms with E-state index in [1.165, 1.54) is 36.4 Å². The predicted molar refractivity (Wildman–Crippen MR) is 154 cm³/mol. The van der Waals surface area contributed by atoms with Gasteiger partial charge in [-0.15, -0.1) is 0 Å². The van der Waals surface area contributed by atoms with Gasteiger partial charge in [0.1, 0.15) is 23.2 Å². The molecule has 0 aliphatic rings. The first-order chi connectivity index (χ1) is 19.4. The van der Waals surface area contributed by atoms with Crippen LogP contribution in [0.1, 0.15) is 54.1 Å². The van der Waals surface area contributed by atoms with Crippen LogP contribution in [0.5, 0.6) is 11.6 Å². The molecule has 4 aromatic rings. The molecule has 8 nitrogen and oxygen atoms in total. The van der Waals surface area contributed by atoms with E-state index in [-0.39, 0.29) is 22.4 Å². The van der Waals surface area contributed by atoms with E-state index in [1.807, 2.05) is 45.0 Å². The van der Waals surface area contributed by atoms with Crippen molar-refractivity contribution in [3.8, 4) is 22.9 Å². The minimum atomic E-state index is -4.28. The van der Waals surface area contributed by atoms with Crippen LogP contribution in [0.25, 0.3) is 11.3 Å². The van der Waals surface area contributed by atoms with Gasteiger partial charge in [0.15, 0.2) is 5.03 Å². The summed E-state index contributed by atoms with van der Waals surface area (Å²) in [6.45, 7) is 9.75. The monoisotopic (exact) mass is 577 g/mol. The fourth-order valence-electron chi connectivity index (χ4n) is 4.09. The highest BCUT2D eigenvalue weighted by molar-refractivity contribution is 7.90. The highest BCUT2D eigenvalue weighted by atomic mass is 32.2. The summed E-state index contributed by atoms with van der Waals surface area (Å²) in [6.07, 6.45) is -0.544. The SMILES string of the molecule is Cc1cccc(S(=O)(=O)NC(=O)c2ccc(-c3cc(F)cc(OCC(C)C)c3)nc2OC(C)c2ccccc2C)n1. The van der Waals surface area contributed by atoms with Gasteiger partial charge in [0.2, 0.25) is 5.88 Å². The van der Waals surface area contributed by atoms with Crippen molar-refractivity contribution in [2.45, 2.75) is 45.7 Å². The molecule has 2 heterocycles. The van der Waals surface area contributed by atoms with Crippen molar-refractivity contribution < 1.29 is 27.1 Å². The number of aryl methyl sites for hydroxylation is 2. The van der Waals surface area contributed by atoms with E-state index in [1.54, 1.807) is 26.0 Å². The Hall–Kier alpha value is -4.31. The molecule has 1 amide bonds. The number of hydrogen-bond donors (Lipinski definition) is 1. The van der Waals surface area contributed by atoms with Crippen LogP contribution in [0.4, 0.5) is 4.39 Å². The Balaban J connectivity index is 1.74. The van der Waals surface area contributed by atoms with Gasteiger partial charge < -0.3 is 9.47 Å². The van der Waals surface area contributed by atoms with Crippen LogP contribution < -0.4 is 14.2 Å². The van der Waals surface area contributed by atoms with Crippen LogP contribution in [0.2, 0.25) is 0 Å². The number of carbonyl (C=O) groups is 1. The Morgan fingerprint density at radius 1 is 0.951 bits per heavy atom. The summed E-state index contributed by atoms with van der Waals surface area (Å²) in [5, 5.41) is -0.292. The molecule has 0 saturated heterocycles. The van der Waals surface area contributed by atoms with Gasteiger partial charge in [-0.25, -0.2) is 19.1 Å². The third-order valence-electron chi connectivity index (χ3n) is 6.14. The first-order valence-electron chi connectivity index (χ1n) is 13.1. The molecule has 1 N–H and O–H groups in total. The molecule has 214 valence electrons. The Morgan fingerprint density at radius 2 is 1.71 bits per heavy atom. The largest absolute Gasteiger partial charge is 0.493 e.